The Balaban J connectivity index is 1.63. The number of urea groups is 1. The number of pyridine rings is 1. The zero-order valence-electron chi connectivity index (χ0n) is 18.8. The molecule has 2 heterocycles. The summed E-state index contributed by atoms with van der Waals surface area (Å²) in [6.07, 6.45) is -3.18. The quantitative estimate of drug-likeness (QED) is 0.705. The highest BCUT2D eigenvalue weighted by atomic mass is 19.4. The van der Waals surface area contributed by atoms with Crippen LogP contribution in [0.3, 0.4) is 0 Å². The molecule has 178 valence electrons. The van der Waals surface area contributed by atoms with Crippen LogP contribution in [0.4, 0.5) is 29.5 Å². The average molecular weight is 464 g/mol. The van der Waals surface area contributed by atoms with E-state index in [1.165, 1.54) is 17.2 Å². The number of aryl methyl sites for hydroxylation is 1. The smallest absolute Gasteiger partial charge is 0.353 e. The van der Waals surface area contributed by atoms with E-state index in [0.29, 0.717) is 5.69 Å². The first kappa shape index (κ1) is 24.3. The van der Waals surface area contributed by atoms with Crippen molar-refractivity contribution in [2.45, 2.75) is 33.0 Å². The standard InChI is InChI=1S/C23H28F3N5O2/c1-15(2)19(29-22(33)28-17-7-4-6-16(3)14-17)21(32)31-12-10-30(11-13-31)20-18(23(24,25)26)8-5-9-27-20/h4-9,14-15,19H,10-13H2,1-3H3,(H2,28,29,33). The first-order valence-corrected chi connectivity index (χ1v) is 10.8. The van der Waals surface area contributed by atoms with Gasteiger partial charge in [0.2, 0.25) is 5.91 Å². The maximum Gasteiger partial charge on any atom is 0.419 e. The summed E-state index contributed by atoms with van der Waals surface area (Å²) in [4.78, 5) is 32.6. The molecular formula is C23H28F3N5O2. The van der Waals surface area contributed by atoms with E-state index in [1.807, 2.05) is 39.0 Å². The fourth-order valence-corrected chi connectivity index (χ4v) is 3.75. The van der Waals surface area contributed by atoms with Gasteiger partial charge in [0.05, 0.1) is 5.56 Å². The van der Waals surface area contributed by atoms with Gasteiger partial charge in [-0.05, 0) is 42.7 Å². The molecular weight excluding hydrogens is 435 g/mol. The number of nitrogens with one attached hydrogen (secondary N) is 2. The van der Waals surface area contributed by atoms with Crippen LogP contribution >= 0.6 is 0 Å². The lowest BCUT2D eigenvalue weighted by atomic mass is 10.0. The molecule has 3 rings (SSSR count). The minimum absolute atomic E-state index is 0.131. The molecule has 1 aliphatic heterocycles. The Morgan fingerprint density at radius 1 is 1.06 bits per heavy atom. The summed E-state index contributed by atoms with van der Waals surface area (Å²) < 4.78 is 40.0. The van der Waals surface area contributed by atoms with Gasteiger partial charge in [-0.25, -0.2) is 9.78 Å². The maximum absolute atomic E-state index is 13.3. The number of halogens is 3. The molecule has 1 saturated heterocycles. The second-order valence-corrected chi connectivity index (χ2v) is 8.37. The number of amides is 3. The molecule has 0 spiro atoms. The van der Waals surface area contributed by atoms with Gasteiger partial charge in [-0.3, -0.25) is 4.79 Å². The molecule has 2 N–H and O–H groups in total. The molecule has 1 unspecified atom stereocenters. The van der Waals surface area contributed by atoms with Crippen molar-refractivity contribution < 1.29 is 22.8 Å². The minimum Gasteiger partial charge on any atom is -0.353 e. The minimum atomic E-state index is -4.51. The average Bonchev–Trinajstić information content (AvgIpc) is 2.76. The highest BCUT2D eigenvalue weighted by molar-refractivity contribution is 5.94. The van der Waals surface area contributed by atoms with Crippen LogP contribution in [0.15, 0.2) is 42.6 Å². The molecule has 33 heavy (non-hydrogen) atoms. The number of alkyl halides is 3. The summed E-state index contributed by atoms with van der Waals surface area (Å²) in [5, 5.41) is 5.47. The number of carbonyl (C=O) groups is 2. The fourth-order valence-electron chi connectivity index (χ4n) is 3.75. The van der Waals surface area contributed by atoms with Crippen molar-refractivity contribution in [2.75, 3.05) is 36.4 Å². The second kappa shape index (κ2) is 10.1. The zero-order chi connectivity index (χ0) is 24.2. The summed E-state index contributed by atoms with van der Waals surface area (Å²) in [6.45, 7) is 6.46. The third-order valence-corrected chi connectivity index (χ3v) is 5.48. The fraction of sp³-hybridized carbons (Fsp3) is 0.435. The number of piperazine rings is 1. The topological polar surface area (TPSA) is 77.6 Å². The van der Waals surface area contributed by atoms with Gasteiger partial charge in [-0.15, -0.1) is 0 Å². The van der Waals surface area contributed by atoms with Crippen molar-refractivity contribution in [3.63, 3.8) is 0 Å². The zero-order valence-corrected chi connectivity index (χ0v) is 18.8. The number of nitrogens with zero attached hydrogens (tertiary/aromatic N) is 3. The van der Waals surface area contributed by atoms with Gasteiger partial charge in [-0.2, -0.15) is 13.2 Å². The Morgan fingerprint density at radius 2 is 1.76 bits per heavy atom. The van der Waals surface area contributed by atoms with Crippen LogP contribution in [-0.2, 0) is 11.0 Å². The van der Waals surface area contributed by atoms with Crippen molar-refractivity contribution in [1.29, 1.82) is 0 Å². The number of aromatic nitrogens is 1. The number of benzene rings is 1. The molecule has 0 aliphatic carbocycles. The molecule has 1 atom stereocenters. The monoisotopic (exact) mass is 463 g/mol. The van der Waals surface area contributed by atoms with Crippen LogP contribution in [0.25, 0.3) is 0 Å². The molecule has 0 radical (unpaired) electrons. The largest absolute Gasteiger partial charge is 0.419 e. The number of hydrogen-bond donors (Lipinski definition) is 2. The molecule has 0 saturated carbocycles. The van der Waals surface area contributed by atoms with Crippen molar-refractivity contribution >= 4 is 23.4 Å². The Morgan fingerprint density at radius 3 is 2.36 bits per heavy atom. The number of hydrogen-bond acceptors (Lipinski definition) is 4. The highest BCUT2D eigenvalue weighted by Crippen LogP contribution is 2.35. The Labute approximate surface area is 191 Å². The number of carbonyl (C=O) groups excluding carboxylic acids is 2. The summed E-state index contributed by atoms with van der Waals surface area (Å²) in [7, 11) is 0. The van der Waals surface area contributed by atoms with Gasteiger partial charge >= 0.3 is 12.2 Å². The van der Waals surface area contributed by atoms with E-state index in [-0.39, 0.29) is 43.8 Å². The van der Waals surface area contributed by atoms with Crippen molar-refractivity contribution in [2.24, 2.45) is 5.92 Å². The van der Waals surface area contributed by atoms with Crippen LogP contribution < -0.4 is 15.5 Å². The maximum atomic E-state index is 13.3. The lowest BCUT2D eigenvalue weighted by Crippen LogP contribution is -2.57. The van der Waals surface area contributed by atoms with E-state index in [9.17, 15) is 22.8 Å². The summed E-state index contributed by atoms with van der Waals surface area (Å²) in [5.41, 5.74) is 0.815. The van der Waals surface area contributed by atoms with Crippen LogP contribution in [0.2, 0.25) is 0 Å². The predicted octanol–water partition coefficient (Wildman–Crippen LogP) is 3.90. The SMILES string of the molecule is Cc1cccc(NC(=O)NC(C(=O)N2CCN(c3ncccc3C(F)(F)F)CC2)C(C)C)c1. The van der Waals surface area contributed by atoms with Gasteiger partial charge in [0.1, 0.15) is 11.9 Å². The lowest BCUT2D eigenvalue weighted by Gasteiger charge is -2.38. The molecule has 7 nitrogen and oxygen atoms in total. The van der Waals surface area contributed by atoms with Crippen LogP contribution in [0, 0.1) is 12.8 Å². The third-order valence-electron chi connectivity index (χ3n) is 5.48. The third kappa shape index (κ3) is 6.15. The number of anilines is 2. The number of rotatable bonds is 5. The molecule has 1 aromatic heterocycles. The summed E-state index contributed by atoms with van der Waals surface area (Å²) in [6, 6.07) is 8.31. The van der Waals surface area contributed by atoms with Crippen LogP contribution in [-0.4, -0.2) is 54.0 Å². The van der Waals surface area contributed by atoms with E-state index in [4.69, 9.17) is 0 Å². The van der Waals surface area contributed by atoms with Crippen molar-refractivity contribution in [3.8, 4) is 0 Å². The van der Waals surface area contributed by atoms with Gasteiger partial charge in [-0.1, -0.05) is 26.0 Å². The highest BCUT2D eigenvalue weighted by Gasteiger charge is 2.37. The molecule has 10 heteroatoms. The van der Waals surface area contributed by atoms with E-state index < -0.39 is 23.8 Å². The summed E-state index contributed by atoms with van der Waals surface area (Å²) in [5.74, 6) is -0.569. The van der Waals surface area contributed by atoms with Crippen LogP contribution in [0.5, 0.6) is 0 Å². The first-order chi connectivity index (χ1) is 15.6. The van der Waals surface area contributed by atoms with Crippen LogP contribution in [0.1, 0.15) is 25.0 Å². The van der Waals surface area contributed by atoms with Crippen molar-refractivity contribution in [3.05, 3.63) is 53.7 Å². The van der Waals surface area contributed by atoms with Gasteiger partial charge < -0.3 is 20.4 Å². The molecule has 1 aliphatic rings. The molecule has 3 amide bonds. The van der Waals surface area contributed by atoms with E-state index in [1.54, 1.807) is 11.0 Å². The molecule has 1 fully saturated rings. The van der Waals surface area contributed by atoms with Crippen molar-refractivity contribution in [1.82, 2.24) is 15.2 Å². The van der Waals surface area contributed by atoms with E-state index in [2.05, 4.69) is 15.6 Å². The second-order valence-electron chi connectivity index (χ2n) is 8.37. The molecule has 2 aromatic rings. The first-order valence-electron chi connectivity index (χ1n) is 10.8. The van der Waals surface area contributed by atoms with Gasteiger partial charge in [0, 0.05) is 38.1 Å². The predicted molar refractivity (Wildman–Crippen MR) is 120 cm³/mol. The Bertz CT molecular complexity index is 988. The van der Waals surface area contributed by atoms with Gasteiger partial charge in [0.15, 0.2) is 0 Å². The lowest BCUT2D eigenvalue weighted by molar-refractivity contribution is -0.138. The Hall–Kier alpha value is -3.30. The van der Waals surface area contributed by atoms with E-state index in [0.717, 1.165) is 11.6 Å². The summed E-state index contributed by atoms with van der Waals surface area (Å²) >= 11 is 0. The molecule has 0 bridgehead atoms. The van der Waals surface area contributed by atoms with Gasteiger partial charge in [0.25, 0.3) is 0 Å². The van der Waals surface area contributed by atoms with E-state index >= 15 is 0 Å². The molecule has 1 aromatic carbocycles. The Kier molecular flexibility index (Phi) is 7.45. The normalized spacial score (nSPS) is 15.4.